The van der Waals surface area contributed by atoms with Crippen molar-refractivity contribution in [3.05, 3.63) is 44.4 Å². The minimum atomic E-state index is -0.623. The zero-order valence-electron chi connectivity index (χ0n) is 14.6. The molecule has 0 fully saturated rings. The smallest absolute Gasteiger partial charge is 0.286 e. The number of methoxy groups -OCH3 is 1. The number of likely N-dealkylation sites (N-methyl/N-ethyl adjacent to an activating group) is 1. The zero-order valence-corrected chi connectivity index (χ0v) is 17.0. The van der Waals surface area contributed by atoms with Crippen molar-refractivity contribution in [3.63, 3.8) is 0 Å². The zero-order chi connectivity index (χ0) is 18.2. The Labute approximate surface area is 172 Å². The molecule has 0 aliphatic heterocycles. The minimum Gasteiger partial charge on any atom is -0.493 e. The van der Waals surface area contributed by atoms with Gasteiger partial charge in [-0.1, -0.05) is 0 Å². The summed E-state index contributed by atoms with van der Waals surface area (Å²) in [4.78, 5) is 27.0. The number of benzene rings is 1. The van der Waals surface area contributed by atoms with Gasteiger partial charge in [-0.2, -0.15) is 0 Å². The number of ether oxygens (including phenoxy) is 2. The Morgan fingerprint density at radius 2 is 2.04 bits per heavy atom. The molecule has 2 rings (SSSR count). The second kappa shape index (κ2) is 12.3. The minimum absolute atomic E-state index is 0. The Balaban J connectivity index is 0.00000338. The van der Waals surface area contributed by atoms with Crippen LogP contribution in [0.4, 0.5) is 5.69 Å². The Hall–Kier alpha value is -2.14. The Morgan fingerprint density at radius 3 is 2.59 bits per heavy atom. The van der Waals surface area contributed by atoms with E-state index in [2.05, 4.69) is 15.6 Å². The fourth-order valence-corrected chi connectivity index (χ4v) is 2.55. The fraction of sp³-hybridized carbons (Fsp3) is 0.333. The van der Waals surface area contributed by atoms with Crippen LogP contribution in [0, 0.1) is 10.1 Å². The van der Waals surface area contributed by atoms with E-state index >= 15 is 0 Å². The second-order valence-corrected chi connectivity index (χ2v) is 5.62. The SMILES string of the molecule is CNCCNC(=O)c1cc(OC)c(OCc2cscn2)cc1[N+](=O)[O-].Cl.Cl. The van der Waals surface area contributed by atoms with E-state index in [1.807, 2.05) is 5.38 Å². The van der Waals surface area contributed by atoms with Gasteiger partial charge in [0.15, 0.2) is 11.5 Å². The lowest BCUT2D eigenvalue weighted by Crippen LogP contribution is -2.30. The van der Waals surface area contributed by atoms with Crippen molar-refractivity contribution in [1.29, 1.82) is 0 Å². The number of amides is 1. The highest BCUT2D eigenvalue weighted by molar-refractivity contribution is 7.07. The molecular weight excluding hydrogens is 419 g/mol. The number of rotatable bonds is 9. The molecular formula is C15H20Cl2N4O5S. The molecule has 0 aliphatic rings. The van der Waals surface area contributed by atoms with Crippen LogP contribution in [0.3, 0.4) is 0 Å². The van der Waals surface area contributed by atoms with Crippen molar-refractivity contribution in [1.82, 2.24) is 15.6 Å². The molecule has 150 valence electrons. The van der Waals surface area contributed by atoms with Crippen molar-refractivity contribution in [2.75, 3.05) is 27.2 Å². The highest BCUT2D eigenvalue weighted by Gasteiger charge is 2.24. The summed E-state index contributed by atoms with van der Waals surface area (Å²) in [5.41, 5.74) is 1.93. The first-order chi connectivity index (χ1) is 12.1. The molecule has 0 atom stereocenters. The molecule has 1 aromatic carbocycles. The first kappa shape index (κ1) is 24.9. The standard InChI is InChI=1S/C15H18N4O5S.2ClH/c1-16-3-4-17-15(20)11-5-13(23-2)14(6-12(11)19(21)22)24-7-10-8-25-9-18-10;;/h5-6,8-9,16H,3-4,7H2,1-2H3,(H,17,20);2*1H. The number of nitro groups is 1. The van der Waals surface area contributed by atoms with Crippen LogP contribution in [0.1, 0.15) is 16.1 Å². The molecule has 27 heavy (non-hydrogen) atoms. The summed E-state index contributed by atoms with van der Waals surface area (Å²) in [6, 6.07) is 2.50. The monoisotopic (exact) mass is 438 g/mol. The maximum absolute atomic E-state index is 12.2. The van der Waals surface area contributed by atoms with Crippen molar-refractivity contribution >= 4 is 47.7 Å². The molecule has 0 bridgehead atoms. The van der Waals surface area contributed by atoms with Crippen LogP contribution >= 0.6 is 36.2 Å². The summed E-state index contributed by atoms with van der Waals surface area (Å²) in [7, 11) is 3.14. The van der Waals surface area contributed by atoms with E-state index in [1.165, 1.54) is 30.6 Å². The van der Waals surface area contributed by atoms with Crippen LogP contribution in [0.15, 0.2) is 23.0 Å². The van der Waals surface area contributed by atoms with E-state index < -0.39 is 10.8 Å². The molecule has 0 saturated carbocycles. The van der Waals surface area contributed by atoms with Gasteiger partial charge < -0.3 is 20.1 Å². The molecule has 1 heterocycles. The number of aromatic nitrogens is 1. The molecule has 12 heteroatoms. The molecule has 0 spiro atoms. The lowest BCUT2D eigenvalue weighted by atomic mass is 10.1. The molecule has 0 aliphatic carbocycles. The third-order valence-electron chi connectivity index (χ3n) is 3.24. The quantitative estimate of drug-likeness (QED) is 0.350. The first-order valence-corrected chi connectivity index (χ1v) is 8.30. The summed E-state index contributed by atoms with van der Waals surface area (Å²) in [5.74, 6) is -0.139. The maximum Gasteiger partial charge on any atom is 0.286 e. The number of halogens is 2. The molecule has 2 N–H and O–H groups in total. The Bertz CT molecular complexity index is 746. The van der Waals surface area contributed by atoms with Gasteiger partial charge in [0.1, 0.15) is 12.2 Å². The topological polar surface area (TPSA) is 116 Å². The van der Waals surface area contributed by atoms with E-state index in [-0.39, 0.29) is 54.2 Å². The number of thiazole rings is 1. The summed E-state index contributed by atoms with van der Waals surface area (Å²) < 4.78 is 10.8. The number of nitro benzene ring substituents is 1. The first-order valence-electron chi connectivity index (χ1n) is 7.36. The van der Waals surface area contributed by atoms with Crippen LogP contribution in [0.2, 0.25) is 0 Å². The number of nitrogens with one attached hydrogen (secondary N) is 2. The van der Waals surface area contributed by atoms with Gasteiger partial charge in [0.05, 0.1) is 29.3 Å². The molecule has 2 aromatic rings. The van der Waals surface area contributed by atoms with E-state index in [0.717, 1.165) is 0 Å². The summed E-state index contributed by atoms with van der Waals surface area (Å²) in [6.07, 6.45) is 0. The van der Waals surface area contributed by atoms with Crippen LogP contribution < -0.4 is 20.1 Å². The average Bonchev–Trinajstić information content (AvgIpc) is 3.12. The Kier molecular flexibility index (Phi) is 11.3. The predicted molar refractivity (Wildman–Crippen MR) is 107 cm³/mol. The van der Waals surface area contributed by atoms with Gasteiger partial charge in [0, 0.05) is 24.5 Å². The van der Waals surface area contributed by atoms with Gasteiger partial charge in [0.25, 0.3) is 11.6 Å². The summed E-state index contributed by atoms with van der Waals surface area (Å²) >= 11 is 1.42. The second-order valence-electron chi connectivity index (χ2n) is 4.91. The number of nitrogens with zero attached hydrogens (tertiary/aromatic N) is 2. The van der Waals surface area contributed by atoms with Crippen molar-refractivity contribution in [3.8, 4) is 11.5 Å². The highest BCUT2D eigenvalue weighted by Crippen LogP contribution is 2.35. The van der Waals surface area contributed by atoms with Crippen LogP contribution in [0.5, 0.6) is 11.5 Å². The Morgan fingerprint density at radius 1 is 1.30 bits per heavy atom. The average molecular weight is 439 g/mol. The molecule has 1 aromatic heterocycles. The lowest BCUT2D eigenvalue weighted by Gasteiger charge is -2.12. The lowest BCUT2D eigenvalue weighted by molar-refractivity contribution is -0.385. The van der Waals surface area contributed by atoms with Gasteiger partial charge in [-0.25, -0.2) is 4.98 Å². The normalized spacial score (nSPS) is 9.56. The highest BCUT2D eigenvalue weighted by atomic mass is 35.5. The maximum atomic E-state index is 12.2. The van der Waals surface area contributed by atoms with Gasteiger partial charge in [-0.15, -0.1) is 36.2 Å². The molecule has 1 amide bonds. The summed E-state index contributed by atoms with van der Waals surface area (Å²) in [5, 5.41) is 18.6. The van der Waals surface area contributed by atoms with Gasteiger partial charge >= 0.3 is 0 Å². The van der Waals surface area contributed by atoms with E-state index in [4.69, 9.17) is 9.47 Å². The van der Waals surface area contributed by atoms with E-state index in [1.54, 1.807) is 12.6 Å². The number of carbonyl (C=O) groups is 1. The number of hydrogen-bond donors (Lipinski definition) is 2. The number of carbonyl (C=O) groups excluding carboxylic acids is 1. The fourth-order valence-electron chi connectivity index (χ4n) is 2.01. The molecule has 0 radical (unpaired) electrons. The van der Waals surface area contributed by atoms with Gasteiger partial charge in [-0.3, -0.25) is 14.9 Å². The third kappa shape index (κ3) is 6.83. The van der Waals surface area contributed by atoms with E-state index in [0.29, 0.717) is 18.8 Å². The molecule has 0 saturated heterocycles. The van der Waals surface area contributed by atoms with Gasteiger partial charge in [0.2, 0.25) is 0 Å². The van der Waals surface area contributed by atoms with Gasteiger partial charge in [-0.05, 0) is 7.05 Å². The molecule has 0 unspecified atom stereocenters. The third-order valence-corrected chi connectivity index (χ3v) is 3.88. The number of hydrogen-bond acceptors (Lipinski definition) is 8. The van der Waals surface area contributed by atoms with Crippen LogP contribution in [0.25, 0.3) is 0 Å². The largest absolute Gasteiger partial charge is 0.493 e. The summed E-state index contributed by atoms with van der Waals surface area (Å²) in [6.45, 7) is 1.03. The molecule has 9 nitrogen and oxygen atoms in total. The van der Waals surface area contributed by atoms with Crippen LogP contribution in [-0.4, -0.2) is 43.1 Å². The van der Waals surface area contributed by atoms with E-state index in [9.17, 15) is 14.9 Å². The van der Waals surface area contributed by atoms with Crippen molar-refractivity contribution < 1.29 is 19.2 Å². The van der Waals surface area contributed by atoms with Crippen LogP contribution in [-0.2, 0) is 6.61 Å². The van der Waals surface area contributed by atoms with Crippen molar-refractivity contribution in [2.45, 2.75) is 6.61 Å². The van der Waals surface area contributed by atoms with Crippen molar-refractivity contribution in [2.24, 2.45) is 0 Å². The predicted octanol–water partition coefficient (Wildman–Crippen LogP) is 2.43.